The number of phenols is 1. The van der Waals surface area contributed by atoms with Gasteiger partial charge in [0.05, 0.1) is 0 Å². The number of carbonyl (C=O) groups is 1. The number of hydrogen-bond acceptors (Lipinski definition) is 8. The maximum Gasteiger partial charge on any atom is 0.302 e. The molecule has 2 aromatic rings. The highest BCUT2D eigenvalue weighted by atomic mass is 16.7. The Hall–Kier alpha value is -3.17. The Morgan fingerprint density at radius 3 is 2.44 bits per heavy atom. The topological polar surface area (TPSA) is 126 Å². The second kappa shape index (κ2) is 11.3. The normalized spacial score (nSPS) is 24.3. The van der Waals surface area contributed by atoms with E-state index in [1.165, 1.54) is 6.92 Å². The number of aliphatic hydroxyl groups is 3. The summed E-state index contributed by atoms with van der Waals surface area (Å²) in [6, 6.07) is 10.6. The average molecular weight is 471 g/mol. The number of phenolic OH excluding ortho intramolecular Hbond substituents is 1. The molecule has 1 aliphatic rings. The number of allylic oxidation sites excluding steroid dienone is 2. The highest BCUT2D eigenvalue weighted by molar-refractivity contribution is 5.72. The molecular weight excluding hydrogens is 440 g/mol. The summed E-state index contributed by atoms with van der Waals surface area (Å²) in [7, 11) is 0. The summed E-state index contributed by atoms with van der Waals surface area (Å²) in [6.07, 6.45) is -2.43. The van der Waals surface area contributed by atoms with Gasteiger partial charge in [-0.05, 0) is 53.8 Å². The zero-order chi connectivity index (χ0) is 24.8. The molecule has 1 fully saturated rings. The Balaban J connectivity index is 1.88. The minimum atomic E-state index is -1.56. The molecule has 34 heavy (non-hydrogen) atoms. The first-order valence-electron chi connectivity index (χ1n) is 10.9. The number of rotatable bonds is 9. The van der Waals surface area contributed by atoms with Crippen LogP contribution in [0.15, 0.2) is 61.7 Å². The van der Waals surface area contributed by atoms with Gasteiger partial charge in [-0.15, -0.1) is 13.2 Å². The Morgan fingerprint density at radius 2 is 1.76 bits per heavy atom. The van der Waals surface area contributed by atoms with Crippen LogP contribution in [0.25, 0.3) is 11.1 Å². The van der Waals surface area contributed by atoms with E-state index < -0.39 is 36.7 Å². The minimum Gasteiger partial charge on any atom is -0.507 e. The van der Waals surface area contributed by atoms with Crippen molar-refractivity contribution in [2.24, 2.45) is 0 Å². The van der Waals surface area contributed by atoms with Gasteiger partial charge in [-0.1, -0.05) is 24.3 Å². The van der Waals surface area contributed by atoms with Gasteiger partial charge in [0.2, 0.25) is 6.29 Å². The third kappa shape index (κ3) is 5.84. The summed E-state index contributed by atoms with van der Waals surface area (Å²) < 4.78 is 16.4. The van der Waals surface area contributed by atoms with Crippen LogP contribution < -0.4 is 4.74 Å². The van der Waals surface area contributed by atoms with Crippen LogP contribution in [0, 0.1) is 0 Å². The van der Waals surface area contributed by atoms with Crippen molar-refractivity contribution in [1.29, 1.82) is 0 Å². The van der Waals surface area contributed by atoms with E-state index in [0.717, 1.165) is 11.1 Å². The number of esters is 1. The van der Waals surface area contributed by atoms with Crippen molar-refractivity contribution in [3.8, 4) is 22.6 Å². The summed E-state index contributed by atoms with van der Waals surface area (Å²) in [5, 5.41) is 41.2. The van der Waals surface area contributed by atoms with Crippen molar-refractivity contribution in [2.45, 2.75) is 50.5 Å². The van der Waals surface area contributed by atoms with E-state index in [0.29, 0.717) is 29.7 Å². The van der Waals surface area contributed by atoms with Crippen LogP contribution >= 0.6 is 0 Å². The predicted molar refractivity (Wildman–Crippen MR) is 125 cm³/mol. The molecule has 8 nitrogen and oxygen atoms in total. The lowest BCUT2D eigenvalue weighted by Gasteiger charge is -2.40. The van der Waals surface area contributed by atoms with Crippen molar-refractivity contribution in [2.75, 3.05) is 6.61 Å². The van der Waals surface area contributed by atoms with Crippen LogP contribution in [0.4, 0.5) is 0 Å². The van der Waals surface area contributed by atoms with Gasteiger partial charge < -0.3 is 34.6 Å². The standard InChI is InChI=1S/C26H30O8/c1-4-6-16-8-10-20(28)19(12-16)17-9-11-21(18(13-17)7-5-2)33-26-25(31)24(30)23(29)22(34-26)14-32-15(3)27/h4-5,8-13,22-26,28-31H,1-2,6-7,14H2,3H3/t22-,23-,24+,25-,26-/m1/s1. The number of aliphatic hydroxyl groups excluding tert-OH is 3. The van der Waals surface area contributed by atoms with E-state index in [9.17, 15) is 25.2 Å². The third-order valence-corrected chi connectivity index (χ3v) is 5.54. The van der Waals surface area contributed by atoms with Gasteiger partial charge in [0.25, 0.3) is 0 Å². The fourth-order valence-corrected chi connectivity index (χ4v) is 3.76. The van der Waals surface area contributed by atoms with E-state index in [4.69, 9.17) is 14.2 Å². The zero-order valence-corrected chi connectivity index (χ0v) is 19.0. The molecule has 0 aliphatic carbocycles. The molecular formula is C26H30O8. The van der Waals surface area contributed by atoms with Gasteiger partial charge in [0.15, 0.2) is 0 Å². The van der Waals surface area contributed by atoms with Crippen LogP contribution in [-0.4, -0.2) is 63.7 Å². The Labute approximate surface area is 198 Å². The number of hydrogen-bond donors (Lipinski definition) is 4. The summed E-state index contributed by atoms with van der Waals surface area (Å²) in [6.45, 7) is 8.43. The van der Waals surface area contributed by atoms with E-state index in [2.05, 4.69) is 13.2 Å². The summed E-state index contributed by atoms with van der Waals surface area (Å²) in [5.74, 6) is -0.0788. The van der Waals surface area contributed by atoms with Crippen molar-refractivity contribution in [1.82, 2.24) is 0 Å². The fourth-order valence-electron chi connectivity index (χ4n) is 3.76. The lowest BCUT2D eigenvalue weighted by Crippen LogP contribution is -2.60. The molecule has 1 heterocycles. The highest BCUT2D eigenvalue weighted by Crippen LogP contribution is 2.35. The van der Waals surface area contributed by atoms with Crippen LogP contribution in [0.5, 0.6) is 11.5 Å². The minimum absolute atomic E-state index is 0.127. The van der Waals surface area contributed by atoms with Gasteiger partial charge in [-0.2, -0.15) is 0 Å². The second-order valence-corrected chi connectivity index (χ2v) is 8.09. The second-order valence-electron chi connectivity index (χ2n) is 8.09. The first-order valence-corrected chi connectivity index (χ1v) is 10.9. The molecule has 8 heteroatoms. The summed E-state index contributed by atoms with van der Waals surface area (Å²) >= 11 is 0. The number of ether oxygens (including phenoxy) is 3. The van der Waals surface area contributed by atoms with Crippen molar-refractivity contribution >= 4 is 5.97 Å². The van der Waals surface area contributed by atoms with Gasteiger partial charge >= 0.3 is 5.97 Å². The van der Waals surface area contributed by atoms with Gasteiger partial charge in [0.1, 0.15) is 42.5 Å². The monoisotopic (exact) mass is 470 g/mol. The van der Waals surface area contributed by atoms with E-state index in [1.807, 2.05) is 18.2 Å². The van der Waals surface area contributed by atoms with Crippen LogP contribution in [0.1, 0.15) is 18.1 Å². The van der Waals surface area contributed by atoms with Gasteiger partial charge in [-0.25, -0.2) is 0 Å². The Morgan fingerprint density at radius 1 is 1.03 bits per heavy atom. The Bertz CT molecular complexity index is 1030. The molecule has 0 unspecified atom stereocenters. The highest BCUT2D eigenvalue weighted by Gasteiger charge is 2.45. The van der Waals surface area contributed by atoms with Crippen LogP contribution in [-0.2, 0) is 27.1 Å². The lowest BCUT2D eigenvalue weighted by atomic mass is 9.97. The molecule has 0 radical (unpaired) electrons. The molecule has 0 saturated carbocycles. The molecule has 1 saturated heterocycles. The Kier molecular flexibility index (Phi) is 8.46. The third-order valence-electron chi connectivity index (χ3n) is 5.54. The summed E-state index contributed by atoms with van der Waals surface area (Å²) in [4.78, 5) is 11.1. The van der Waals surface area contributed by atoms with Gasteiger partial charge in [-0.3, -0.25) is 4.79 Å². The van der Waals surface area contributed by atoms with Crippen molar-refractivity contribution < 1.29 is 39.4 Å². The quantitative estimate of drug-likeness (QED) is 0.325. The molecule has 1 aliphatic heterocycles. The largest absolute Gasteiger partial charge is 0.507 e. The van der Waals surface area contributed by atoms with Crippen LogP contribution in [0.3, 0.4) is 0 Å². The maximum atomic E-state index is 11.1. The molecule has 0 bridgehead atoms. The first-order chi connectivity index (χ1) is 16.2. The molecule has 2 aromatic carbocycles. The lowest BCUT2D eigenvalue weighted by molar-refractivity contribution is -0.278. The SMILES string of the molecule is C=CCc1ccc(O)c(-c2ccc(O[C@@H]3O[C@H](COC(C)=O)[C@@H](O)[C@H](O)[C@H]3O)c(CC=C)c2)c1. The molecule has 0 aromatic heterocycles. The first kappa shape index (κ1) is 25.5. The summed E-state index contributed by atoms with van der Waals surface area (Å²) in [5.41, 5.74) is 3.10. The molecule has 5 atom stereocenters. The molecule has 0 amide bonds. The average Bonchev–Trinajstić information content (AvgIpc) is 2.81. The molecule has 0 spiro atoms. The molecule has 3 rings (SSSR count). The van der Waals surface area contributed by atoms with Crippen molar-refractivity contribution in [3.63, 3.8) is 0 Å². The van der Waals surface area contributed by atoms with Crippen LogP contribution in [0.2, 0.25) is 0 Å². The number of aromatic hydroxyl groups is 1. The van der Waals surface area contributed by atoms with E-state index >= 15 is 0 Å². The van der Waals surface area contributed by atoms with Gasteiger partial charge in [0, 0.05) is 12.5 Å². The van der Waals surface area contributed by atoms with E-state index in [-0.39, 0.29) is 12.4 Å². The van der Waals surface area contributed by atoms with Crippen molar-refractivity contribution in [3.05, 3.63) is 72.8 Å². The number of carbonyl (C=O) groups excluding carboxylic acids is 1. The molecule has 182 valence electrons. The zero-order valence-electron chi connectivity index (χ0n) is 19.0. The number of benzene rings is 2. The fraction of sp³-hybridized carbons (Fsp3) is 0.346. The smallest absolute Gasteiger partial charge is 0.302 e. The predicted octanol–water partition coefficient (Wildman–Crippen LogP) is 2.27. The van der Waals surface area contributed by atoms with E-state index in [1.54, 1.807) is 30.4 Å². The maximum absolute atomic E-state index is 11.1. The molecule has 4 N–H and O–H groups in total.